The van der Waals surface area contributed by atoms with Crippen LogP contribution in [0.25, 0.3) is 11.5 Å². The fourth-order valence-corrected chi connectivity index (χ4v) is 1.40. The Kier molecular flexibility index (Phi) is 1.43. The van der Waals surface area contributed by atoms with Crippen LogP contribution in [-0.4, -0.2) is 20.2 Å². The van der Waals surface area contributed by atoms with Crippen molar-refractivity contribution in [1.29, 1.82) is 0 Å². The molecule has 2 heterocycles. The predicted octanol–water partition coefficient (Wildman–Crippen LogP) is 1.24. The van der Waals surface area contributed by atoms with Crippen molar-refractivity contribution in [2.24, 2.45) is 0 Å². The van der Waals surface area contributed by atoms with E-state index in [0.29, 0.717) is 0 Å². The van der Waals surface area contributed by atoms with Crippen LogP contribution in [0.15, 0.2) is 11.7 Å². The lowest BCUT2D eigenvalue weighted by Crippen LogP contribution is -1.79. The van der Waals surface area contributed by atoms with E-state index in [-0.39, 0.29) is 0 Å². The molecule has 0 aliphatic carbocycles. The summed E-state index contributed by atoms with van der Waals surface area (Å²) < 4.78 is 0. The lowest BCUT2D eigenvalue weighted by Gasteiger charge is -1.83. The van der Waals surface area contributed by atoms with E-state index in [0.717, 1.165) is 16.5 Å². The molecule has 0 unspecified atom stereocenters. The number of aromatic nitrogens is 4. The Hall–Kier alpha value is -1.23. The van der Waals surface area contributed by atoms with Crippen LogP contribution in [-0.2, 0) is 0 Å². The summed E-state index contributed by atoms with van der Waals surface area (Å²) in [5, 5.41) is 10.5. The van der Waals surface area contributed by atoms with Gasteiger partial charge in [-0.15, -0.1) is 21.5 Å². The number of rotatable bonds is 1. The number of aromatic amines is 1. The zero-order valence-electron chi connectivity index (χ0n) is 5.90. The highest BCUT2D eigenvalue weighted by Gasteiger charge is 2.02. The number of nitrogens with one attached hydrogen (secondary N) is 1. The minimum absolute atomic E-state index is 0.731. The first-order chi connectivity index (χ1) is 5.36. The first-order valence-electron chi connectivity index (χ1n) is 3.15. The monoisotopic (exact) mass is 166 g/mol. The van der Waals surface area contributed by atoms with Crippen molar-refractivity contribution in [2.45, 2.75) is 6.92 Å². The van der Waals surface area contributed by atoms with Gasteiger partial charge in [0.2, 0.25) is 0 Å². The minimum atomic E-state index is 0.731. The summed E-state index contributed by atoms with van der Waals surface area (Å²) in [4.78, 5) is 7.13. The van der Waals surface area contributed by atoms with Gasteiger partial charge in [0.25, 0.3) is 0 Å². The van der Waals surface area contributed by atoms with E-state index in [2.05, 4.69) is 20.2 Å². The van der Waals surface area contributed by atoms with Crippen LogP contribution in [0.5, 0.6) is 0 Å². The van der Waals surface area contributed by atoms with Crippen LogP contribution in [0, 0.1) is 6.92 Å². The molecule has 0 aliphatic rings. The van der Waals surface area contributed by atoms with Crippen molar-refractivity contribution < 1.29 is 0 Å². The van der Waals surface area contributed by atoms with E-state index in [1.165, 1.54) is 0 Å². The molecule has 0 spiro atoms. The van der Waals surface area contributed by atoms with Crippen LogP contribution in [0.4, 0.5) is 0 Å². The highest BCUT2D eigenvalue weighted by atomic mass is 32.1. The molecule has 0 aliphatic heterocycles. The first-order valence-corrected chi connectivity index (χ1v) is 4.03. The summed E-state index contributed by atoms with van der Waals surface area (Å²) in [6.07, 6.45) is 1.55. The molecule has 11 heavy (non-hydrogen) atoms. The summed E-state index contributed by atoms with van der Waals surface area (Å²) in [6.45, 7) is 1.96. The zero-order valence-corrected chi connectivity index (χ0v) is 6.72. The van der Waals surface area contributed by atoms with Gasteiger partial charge in [0.15, 0.2) is 5.82 Å². The van der Waals surface area contributed by atoms with Crippen LogP contribution in [0.3, 0.4) is 0 Å². The molecule has 4 nitrogen and oxygen atoms in total. The molecule has 5 heteroatoms. The Morgan fingerprint density at radius 2 is 2.45 bits per heavy atom. The maximum atomic E-state index is 4.24. The minimum Gasteiger partial charge on any atom is -0.326 e. The molecular weight excluding hydrogens is 160 g/mol. The zero-order chi connectivity index (χ0) is 7.68. The van der Waals surface area contributed by atoms with E-state index in [1.807, 2.05) is 12.3 Å². The largest absolute Gasteiger partial charge is 0.326 e. The van der Waals surface area contributed by atoms with Crippen LogP contribution >= 0.6 is 11.3 Å². The Bertz CT molecular complexity index is 337. The molecule has 0 amide bonds. The van der Waals surface area contributed by atoms with Crippen molar-refractivity contribution in [3.63, 3.8) is 0 Å². The Balaban J connectivity index is 2.45. The number of nitrogens with zero attached hydrogens (tertiary/aromatic N) is 3. The topological polar surface area (TPSA) is 54.5 Å². The molecule has 2 aromatic heterocycles. The van der Waals surface area contributed by atoms with Crippen molar-refractivity contribution >= 4 is 11.3 Å². The van der Waals surface area contributed by atoms with Gasteiger partial charge >= 0.3 is 0 Å². The Morgan fingerprint density at radius 3 is 3.00 bits per heavy atom. The smallest absolute Gasteiger partial charge is 0.180 e. The third-order valence-electron chi connectivity index (χ3n) is 1.28. The summed E-state index contributed by atoms with van der Waals surface area (Å²) >= 11 is 1.60. The molecule has 0 radical (unpaired) electrons. The summed E-state index contributed by atoms with van der Waals surface area (Å²) in [6, 6.07) is 0. The van der Waals surface area contributed by atoms with Crippen LogP contribution in [0.2, 0.25) is 0 Å². The Labute approximate surface area is 67.3 Å². The standard InChI is InChI=1S/C6H6N4S/c1-4-9-5(2-11-4)6-7-3-8-10-6/h2-3H,1H3,(H,7,8,10). The van der Waals surface area contributed by atoms with Gasteiger partial charge in [-0.2, -0.15) is 0 Å². The third-order valence-corrected chi connectivity index (χ3v) is 2.05. The fourth-order valence-electron chi connectivity index (χ4n) is 0.803. The van der Waals surface area contributed by atoms with Crippen molar-refractivity contribution in [1.82, 2.24) is 20.2 Å². The second-order valence-corrected chi connectivity index (χ2v) is 3.15. The van der Waals surface area contributed by atoms with E-state index in [9.17, 15) is 0 Å². The van der Waals surface area contributed by atoms with E-state index < -0.39 is 0 Å². The number of H-pyrrole nitrogens is 1. The molecule has 2 aromatic rings. The SMILES string of the molecule is Cc1nc(-c2nnc[nH]2)cs1. The summed E-state index contributed by atoms with van der Waals surface area (Å²) in [5.74, 6) is 0.731. The van der Waals surface area contributed by atoms with Crippen molar-refractivity contribution in [3.8, 4) is 11.5 Å². The van der Waals surface area contributed by atoms with E-state index in [4.69, 9.17) is 0 Å². The fraction of sp³-hybridized carbons (Fsp3) is 0.167. The van der Waals surface area contributed by atoms with Gasteiger partial charge in [0.05, 0.1) is 5.01 Å². The van der Waals surface area contributed by atoms with Crippen molar-refractivity contribution in [3.05, 3.63) is 16.7 Å². The first kappa shape index (κ1) is 6.48. The summed E-state index contributed by atoms with van der Waals surface area (Å²) in [7, 11) is 0. The summed E-state index contributed by atoms with van der Waals surface area (Å²) in [5.41, 5.74) is 0.866. The average molecular weight is 166 g/mol. The van der Waals surface area contributed by atoms with Crippen LogP contribution in [0.1, 0.15) is 5.01 Å². The highest BCUT2D eigenvalue weighted by Crippen LogP contribution is 2.16. The lowest BCUT2D eigenvalue weighted by atomic mass is 10.5. The Morgan fingerprint density at radius 1 is 1.55 bits per heavy atom. The highest BCUT2D eigenvalue weighted by molar-refractivity contribution is 7.09. The quantitative estimate of drug-likeness (QED) is 0.693. The van der Waals surface area contributed by atoms with Crippen molar-refractivity contribution in [2.75, 3.05) is 0 Å². The molecule has 0 aromatic carbocycles. The predicted molar refractivity (Wildman–Crippen MR) is 42.2 cm³/mol. The molecule has 0 saturated carbocycles. The molecule has 2 rings (SSSR count). The van der Waals surface area contributed by atoms with Gasteiger partial charge in [-0.25, -0.2) is 4.98 Å². The molecule has 56 valence electrons. The van der Waals surface area contributed by atoms with Gasteiger partial charge in [0.1, 0.15) is 12.0 Å². The maximum Gasteiger partial charge on any atom is 0.180 e. The van der Waals surface area contributed by atoms with Gasteiger partial charge in [-0.05, 0) is 6.92 Å². The number of hydrogen-bond acceptors (Lipinski definition) is 4. The molecule has 0 atom stereocenters. The van der Waals surface area contributed by atoms with Crippen LogP contribution < -0.4 is 0 Å². The van der Waals surface area contributed by atoms with E-state index in [1.54, 1.807) is 17.7 Å². The normalized spacial score (nSPS) is 10.3. The number of hydrogen-bond donors (Lipinski definition) is 1. The second kappa shape index (κ2) is 2.43. The van der Waals surface area contributed by atoms with E-state index >= 15 is 0 Å². The third kappa shape index (κ3) is 1.14. The molecule has 0 saturated heterocycles. The maximum absolute atomic E-state index is 4.24. The number of thiazole rings is 1. The molecule has 0 fully saturated rings. The lowest BCUT2D eigenvalue weighted by molar-refractivity contribution is 1.09. The molecular formula is C6H6N4S. The van der Waals surface area contributed by atoms with Gasteiger partial charge in [-0.1, -0.05) is 0 Å². The van der Waals surface area contributed by atoms with Gasteiger partial charge in [-0.3, -0.25) is 0 Å². The molecule has 0 bridgehead atoms. The second-order valence-electron chi connectivity index (χ2n) is 2.09. The average Bonchev–Trinajstić information content (AvgIpc) is 2.55. The van der Waals surface area contributed by atoms with Gasteiger partial charge < -0.3 is 4.98 Å². The van der Waals surface area contributed by atoms with Gasteiger partial charge in [0, 0.05) is 5.38 Å². The number of aryl methyl sites for hydroxylation is 1. The molecule has 1 N–H and O–H groups in total.